The topological polar surface area (TPSA) is 196 Å². The number of aromatic nitrogens is 4. The molecule has 12 aromatic rings. The molecule has 16 rings (SSSR count). The highest BCUT2D eigenvalue weighted by Gasteiger charge is 2.35. The zero-order chi connectivity index (χ0) is 93.9. The lowest BCUT2D eigenvalue weighted by Crippen LogP contribution is -2.41. The normalized spacial score (nSPS) is 14.8. The average molecular weight is 1900 g/mol. The zero-order valence-electron chi connectivity index (χ0n) is 76.8. The molecule has 4 amide bonds. The number of carbonyl (C=O) groups excluding carboxylic acids is 4. The van der Waals surface area contributed by atoms with Crippen molar-refractivity contribution in [1.29, 1.82) is 21.0 Å². The molecule has 8 heterocycles. The molecule has 8 aromatic carbocycles. The molecule has 16 nitrogen and oxygen atoms in total. The highest BCUT2D eigenvalue weighted by atomic mass is 35.5. The number of nitriles is 4. The molecule has 0 bridgehead atoms. The van der Waals surface area contributed by atoms with Crippen LogP contribution in [0.5, 0.6) is 0 Å². The second-order valence-electron chi connectivity index (χ2n) is 37.3. The molecule has 0 saturated carbocycles. The Morgan fingerprint density at radius 2 is 0.608 bits per heavy atom. The third-order valence-electron chi connectivity index (χ3n) is 27.8. The van der Waals surface area contributed by atoms with Crippen molar-refractivity contribution >= 4 is 160 Å². The Morgan fingerprint density at radius 1 is 0.369 bits per heavy atom. The van der Waals surface area contributed by atoms with Crippen molar-refractivity contribution in [2.45, 2.75) is 160 Å². The van der Waals surface area contributed by atoms with E-state index in [2.05, 4.69) is 115 Å². The molecule has 4 aromatic heterocycles. The van der Waals surface area contributed by atoms with Gasteiger partial charge in [0.25, 0.3) is 23.6 Å². The summed E-state index contributed by atoms with van der Waals surface area (Å²) in [6, 6.07) is 46.6. The molecule has 24 heteroatoms. The fourth-order valence-electron chi connectivity index (χ4n) is 19.2. The second kappa shape index (κ2) is 41.5. The molecular weight excluding hydrogens is 1790 g/mol. The quantitative estimate of drug-likeness (QED) is 0.102. The van der Waals surface area contributed by atoms with E-state index < -0.39 is 0 Å². The van der Waals surface area contributed by atoms with E-state index in [1.165, 1.54) is 0 Å². The van der Waals surface area contributed by atoms with Crippen LogP contribution < -0.4 is 0 Å². The summed E-state index contributed by atoms with van der Waals surface area (Å²) >= 11 is 53.4. The molecule has 4 aliphatic rings. The first-order valence-electron chi connectivity index (χ1n) is 44.9. The first kappa shape index (κ1) is 97.6. The fraction of sp³-hybridized carbons (Fsp3) is 0.396. The van der Waals surface area contributed by atoms with Crippen LogP contribution in [0.3, 0.4) is 0 Å². The predicted octanol–water partition coefficient (Wildman–Crippen LogP) is 26.6. The van der Waals surface area contributed by atoms with Gasteiger partial charge in [0.2, 0.25) is 0 Å². The Kier molecular flexibility index (Phi) is 31.1. The van der Waals surface area contributed by atoms with Gasteiger partial charge in [-0.05, 0) is 280 Å². The molecular formula is C106H112Cl8N12O4. The Morgan fingerprint density at radius 3 is 0.838 bits per heavy atom. The third-order valence-corrected chi connectivity index (χ3v) is 31.0. The summed E-state index contributed by atoms with van der Waals surface area (Å²) < 4.78 is 8.28. The van der Waals surface area contributed by atoms with Gasteiger partial charge in [0.05, 0.1) is 88.9 Å². The molecule has 0 atom stereocenters. The van der Waals surface area contributed by atoms with Gasteiger partial charge in [-0.1, -0.05) is 148 Å². The number of piperidine rings is 4. The van der Waals surface area contributed by atoms with Crippen molar-refractivity contribution < 1.29 is 19.2 Å². The first-order valence-corrected chi connectivity index (χ1v) is 47.9. The van der Waals surface area contributed by atoms with Crippen LogP contribution in [-0.2, 0) is 53.9 Å². The first-order chi connectivity index (χ1) is 61.8. The van der Waals surface area contributed by atoms with Gasteiger partial charge in [-0.2, -0.15) is 21.0 Å². The van der Waals surface area contributed by atoms with Crippen LogP contribution in [0.4, 0.5) is 0 Å². The second-order valence-corrected chi connectivity index (χ2v) is 40.5. The van der Waals surface area contributed by atoms with E-state index in [1.54, 1.807) is 48.5 Å². The van der Waals surface area contributed by atoms with Crippen molar-refractivity contribution in [3.63, 3.8) is 0 Å². The number of nitrogens with zero attached hydrogens (tertiary/aromatic N) is 12. The van der Waals surface area contributed by atoms with Crippen molar-refractivity contribution in [2.24, 2.45) is 63.2 Å². The summed E-state index contributed by atoms with van der Waals surface area (Å²) in [6.45, 7) is 29.9. The Bertz CT molecular complexity index is 6580. The maximum Gasteiger partial charge on any atom is 0.255 e. The van der Waals surface area contributed by atoms with Gasteiger partial charge in [0.1, 0.15) is 0 Å². The SMILES string of the molecule is CCC1CCN(C(=O)c2ccc(Cl)c(Cc3cc4c(C)cc(C#N)cc4n3C)c2Cl)CC1.Cc1cc(C#N)cc2c1cc(Cc1c(Cl)ccc(C(=O)N3CCC(C(C)(C)C)CC3)c1Cl)n2C.Cc1cc(C#N)cc2c1cc(Cc1c(Cl)ccc(C(=O)N3CCC(C(C)C)CC3)c1Cl)n2C.Cc1cc(C#N)cc2c1cc(Cc1c(Cl)ccc(C(=O)N3CCC(C)CC3)c1Cl)n2C. The van der Waals surface area contributed by atoms with Crippen LogP contribution in [-0.4, -0.2) is 114 Å². The van der Waals surface area contributed by atoms with E-state index >= 15 is 0 Å². The smallest absolute Gasteiger partial charge is 0.255 e. The minimum absolute atomic E-state index is 0.0194. The van der Waals surface area contributed by atoms with E-state index in [0.717, 1.165) is 221 Å². The lowest BCUT2D eigenvalue weighted by molar-refractivity contribution is 0.0607. The zero-order valence-corrected chi connectivity index (χ0v) is 82.9. The fourth-order valence-corrected chi connectivity index (χ4v) is 21.5. The number of hydrogen-bond acceptors (Lipinski definition) is 8. The van der Waals surface area contributed by atoms with E-state index in [0.29, 0.717) is 140 Å². The highest BCUT2D eigenvalue weighted by Crippen LogP contribution is 2.42. The minimum atomic E-state index is -0.0265. The summed E-state index contributed by atoms with van der Waals surface area (Å²) in [5.41, 5.74) is 20.1. The molecule has 4 aliphatic heterocycles. The van der Waals surface area contributed by atoms with Gasteiger partial charge in [0.15, 0.2) is 0 Å². The van der Waals surface area contributed by atoms with Crippen LogP contribution in [0.2, 0.25) is 40.2 Å². The van der Waals surface area contributed by atoms with Crippen LogP contribution >= 0.6 is 92.8 Å². The maximum atomic E-state index is 13.4. The van der Waals surface area contributed by atoms with Gasteiger partial charge in [-0.25, -0.2) is 0 Å². The van der Waals surface area contributed by atoms with E-state index in [9.17, 15) is 40.2 Å². The van der Waals surface area contributed by atoms with Crippen molar-refractivity contribution in [2.75, 3.05) is 52.4 Å². The molecule has 0 radical (unpaired) electrons. The predicted molar refractivity (Wildman–Crippen MR) is 531 cm³/mol. The molecule has 0 N–H and O–H groups in total. The third kappa shape index (κ3) is 20.9. The van der Waals surface area contributed by atoms with E-state index in [1.807, 2.05) is 124 Å². The number of halogens is 8. The molecule has 0 aliphatic carbocycles. The van der Waals surface area contributed by atoms with Crippen molar-refractivity contribution in [3.05, 3.63) is 273 Å². The summed E-state index contributed by atoms with van der Waals surface area (Å²) in [5.74, 6) is 3.18. The molecule has 130 heavy (non-hydrogen) atoms. The number of fused-ring (bicyclic) bond motifs is 4. The summed E-state index contributed by atoms with van der Waals surface area (Å²) in [5, 5.41) is 45.6. The summed E-state index contributed by atoms with van der Waals surface area (Å²) in [4.78, 5) is 60.7. The molecule has 4 saturated heterocycles. The number of hydrogen-bond donors (Lipinski definition) is 0. The lowest BCUT2D eigenvalue weighted by Gasteiger charge is -2.39. The number of likely N-dealkylation sites (tertiary alicyclic amines) is 4. The number of aryl methyl sites for hydroxylation is 8. The number of rotatable bonds is 14. The average Bonchev–Trinajstić information content (AvgIpc) is 1.08. The van der Waals surface area contributed by atoms with Crippen LogP contribution in [0.25, 0.3) is 43.6 Å². The van der Waals surface area contributed by atoms with Gasteiger partial charge in [0, 0.05) is 193 Å². The Balaban J connectivity index is 0.000000148. The number of benzene rings is 8. The lowest BCUT2D eigenvalue weighted by atomic mass is 9.75. The Hall–Kier alpha value is -9.92. The van der Waals surface area contributed by atoms with E-state index in [4.69, 9.17) is 92.8 Å². The van der Waals surface area contributed by atoms with Gasteiger partial charge in [-0.3, -0.25) is 19.2 Å². The van der Waals surface area contributed by atoms with Crippen LogP contribution in [0.1, 0.15) is 237 Å². The molecule has 0 spiro atoms. The molecule has 0 unspecified atom stereocenters. The van der Waals surface area contributed by atoms with Crippen molar-refractivity contribution in [3.8, 4) is 24.3 Å². The summed E-state index contributed by atoms with van der Waals surface area (Å²) in [6.07, 6.45) is 11.4. The Labute approximate surface area is 804 Å². The standard InChI is InChI=1S/C28H31Cl2N3O.C27H29Cl2N3O.C26H27Cl2N3O.C25H25Cl2N3O/c1-17-12-18(16-31)13-25-22(17)14-20(32(25)5)15-23-24(29)7-6-21(26(23)30)27(34)33-10-8-19(9-11-33)28(2,3)4;1-16(2)19-7-9-32(10-8-19)27(33)21-5-6-24(28)23(26(21)29)14-20-13-22-17(3)11-18(15-30)12-25(22)31(20)4;1-4-17-7-9-31(10-8-17)26(32)20-5-6-23(27)22(25(20)28)14-19-13-21-16(2)11-18(15-29)12-24(21)30(19)3;1-15-6-8-30(9-7-15)25(31)19-4-5-22(26)21(24(19)27)13-18-12-20-16(2)10-17(14-28)11-23(20)29(18)3/h6-7,12-14,19H,8-11,15H2,1-5H3;5-6,11-13,16,19H,7-10,14H2,1-4H3;5-6,11-13,17H,4,7-10,14H2,1-3H3;4-5,10-12,15H,6-9,13H2,1-3H3. The largest absolute Gasteiger partial charge is 0.347 e. The van der Waals surface area contributed by atoms with Gasteiger partial charge >= 0.3 is 0 Å². The van der Waals surface area contributed by atoms with Crippen LogP contribution in [0.15, 0.2) is 121 Å². The van der Waals surface area contributed by atoms with Crippen molar-refractivity contribution in [1.82, 2.24) is 37.9 Å². The minimum Gasteiger partial charge on any atom is -0.347 e. The molecule has 4 fully saturated rings. The summed E-state index contributed by atoms with van der Waals surface area (Å²) in [7, 11) is 7.92. The number of amides is 4. The highest BCUT2D eigenvalue weighted by molar-refractivity contribution is 6.40. The monoisotopic (exact) mass is 1900 g/mol. The van der Waals surface area contributed by atoms with Crippen LogP contribution in [0, 0.1) is 108 Å². The van der Waals surface area contributed by atoms with Gasteiger partial charge in [-0.15, -0.1) is 0 Å². The van der Waals surface area contributed by atoms with Gasteiger partial charge < -0.3 is 37.9 Å². The van der Waals surface area contributed by atoms with E-state index in [-0.39, 0.29) is 29.0 Å². The molecule has 676 valence electrons. The maximum absolute atomic E-state index is 13.4. The number of carbonyl (C=O) groups is 4.